The van der Waals surface area contributed by atoms with Gasteiger partial charge in [0.05, 0.1) is 5.69 Å². The first kappa shape index (κ1) is 15.1. The van der Waals surface area contributed by atoms with Gasteiger partial charge in [-0.3, -0.25) is 5.32 Å². The molecule has 1 aromatic heterocycles. The van der Waals surface area contributed by atoms with Gasteiger partial charge >= 0.3 is 0 Å². The number of aromatic nitrogens is 1. The molecule has 0 saturated carbocycles. The molecule has 0 saturated heterocycles. The summed E-state index contributed by atoms with van der Waals surface area (Å²) in [6, 6.07) is 9.17. The number of hydrogen-bond donors (Lipinski definition) is 4. The second-order valence-electron chi connectivity index (χ2n) is 5.26. The van der Waals surface area contributed by atoms with Gasteiger partial charge in [0.15, 0.2) is 6.19 Å². The van der Waals surface area contributed by atoms with Crippen LogP contribution in [0.15, 0.2) is 29.3 Å². The van der Waals surface area contributed by atoms with Crippen LogP contribution in [0.2, 0.25) is 0 Å². The van der Waals surface area contributed by atoms with Crippen LogP contribution in [0.5, 0.6) is 0 Å². The summed E-state index contributed by atoms with van der Waals surface area (Å²) < 4.78 is 0. The highest BCUT2D eigenvalue weighted by molar-refractivity contribution is 5.98. The van der Waals surface area contributed by atoms with E-state index < -0.39 is 6.04 Å². The Labute approximate surface area is 138 Å². The van der Waals surface area contributed by atoms with E-state index in [1.165, 1.54) is 0 Å². The third-order valence-corrected chi connectivity index (χ3v) is 3.84. The number of nitriles is 2. The van der Waals surface area contributed by atoms with Crippen molar-refractivity contribution in [1.82, 2.24) is 10.3 Å². The fourth-order valence-corrected chi connectivity index (χ4v) is 2.70. The Balaban J connectivity index is 2.28. The Hall–Kier alpha value is -3.78. The number of fused-ring (bicyclic) bond motifs is 1. The molecule has 1 aliphatic heterocycles. The molecule has 3 rings (SSSR count). The Morgan fingerprint density at radius 2 is 2.00 bits per heavy atom. The van der Waals surface area contributed by atoms with Gasteiger partial charge in [-0.2, -0.15) is 10.5 Å². The van der Waals surface area contributed by atoms with Crippen LogP contribution >= 0.6 is 0 Å². The lowest BCUT2D eigenvalue weighted by atomic mass is 9.92. The quantitative estimate of drug-likeness (QED) is 0.458. The van der Waals surface area contributed by atoms with E-state index in [0.717, 1.165) is 11.1 Å². The smallest absolute Gasteiger partial charge is 0.211 e. The molecule has 8 heteroatoms. The largest absolute Gasteiger partial charge is 0.397 e. The minimum atomic E-state index is -0.501. The van der Waals surface area contributed by atoms with E-state index >= 15 is 0 Å². The predicted molar refractivity (Wildman–Crippen MR) is 90.6 cm³/mol. The van der Waals surface area contributed by atoms with Crippen LogP contribution in [0.1, 0.15) is 28.3 Å². The number of rotatable bonds is 1. The zero-order valence-electron chi connectivity index (χ0n) is 12.8. The van der Waals surface area contributed by atoms with Crippen molar-refractivity contribution in [1.29, 1.82) is 10.5 Å². The molecule has 1 aromatic carbocycles. The number of nitrogens with zero attached hydrogens (tertiary/aromatic N) is 4. The lowest BCUT2D eigenvalue weighted by Crippen LogP contribution is -2.33. The molecule has 0 aliphatic carbocycles. The molecule has 0 bridgehead atoms. The predicted octanol–water partition coefficient (Wildman–Crippen LogP) is 1.37. The second-order valence-corrected chi connectivity index (χ2v) is 5.26. The van der Waals surface area contributed by atoms with Gasteiger partial charge in [0.1, 0.15) is 29.3 Å². The van der Waals surface area contributed by atoms with Crippen molar-refractivity contribution in [3.63, 3.8) is 0 Å². The number of aryl methyl sites for hydroxylation is 1. The van der Waals surface area contributed by atoms with Gasteiger partial charge in [-0.05, 0) is 18.1 Å². The average Bonchev–Trinajstić information content (AvgIpc) is 2.55. The van der Waals surface area contributed by atoms with Gasteiger partial charge in [0.2, 0.25) is 5.96 Å². The van der Waals surface area contributed by atoms with Crippen molar-refractivity contribution < 1.29 is 0 Å². The van der Waals surface area contributed by atoms with Gasteiger partial charge in [-0.15, -0.1) is 0 Å². The lowest BCUT2D eigenvalue weighted by molar-refractivity contribution is 0.839. The molecule has 8 nitrogen and oxygen atoms in total. The maximum atomic E-state index is 9.29. The molecular weight excluding hydrogens is 304 g/mol. The number of nitrogen functional groups attached to an aromatic ring is 2. The summed E-state index contributed by atoms with van der Waals surface area (Å²) in [5.41, 5.74) is 14.8. The molecular formula is C16H14N8. The summed E-state index contributed by atoms with van der Waals surface area (Å²) in [5.74, 6) is 0.655. The highest BCUT2D eigenvalue weighted by atomic mass is 15.2. The van der Waals surface area contributed by atoms with E-state index in [2.05, 4.69) is 20.6 Å². The molecule has 6 N–H and O–H groups in total. The number of benzene rings is 1. The maximum Gasteiger partial charge on any atom is 0.211 e. The van der Waals surface area contributed by atoms with Crippen molar-refractivity contribution in [2.24, 2.45) is 4.99 Å². The molecule has 118 valence electrons. The van der Waals surface area contributed by atoms with E-state index in [1.807, 2.05) is 43.5 Å². The molecule has 1 aliphatic rings. The van der Waals surface area contributed by atoms with Crippen LogP contribution in [0, 0.1) is 29.7 Å². The summed E-state index contributed by atoms with van der Waals surface area (Å²) in [4.78, 5) is 8.73. The molecule has 0 amide bonds. The van der Waals surface area contributed by atoms with Crippen LogP contribution in [-0.4, -0.2) is 10.9 Å². The van der Waals surface area contributed by atoms with E-state index in [0.29, 0.717) is 11.4 Å². The third-order valence-electron chi connectivity index (χ3n) is 3.84. The minimum Gasteiger partial charge on any atom is -0.397 e. The van der Waals surface area contributed by atoms with Gasteiger partial charge in [0.25, 0.3) is 0 Å². The first-order valence-electron chi connectivity index (χ1n) is 7.11. The van der Waals surface area contributed by atoms with Crippen LogP contribution < -0.4 is 22.1 Å². The molecule has 1 unspecified atom stereocenters. The number of nitrogens with two attached hydrogens (primary N) is 2. The molecule has 1 atom stereocenters. The zero-order valence-corrected chi connectivity index (χ0v) is 12.8. The van der Waals surface area contributed by atoms with Gasteiger partial charge in [-0.25, -0.2) is 9.98 Å². The van der Waals surface area contributed by atoms with E-state index in [-0.39, 0.29) is 23.0 Å². The van der Waals surface area contributed by atoms with E-state index in [4.69, 9.17) is 16.7 Å². The molecule has 2 heterocycles. The minimum absolute atomic E-state index is 0.0305. The Morgan fingerprint density at radius 3 is 2.67 bits per heavy atom. The summed E-state index contributed by atoms with van der Waals surface area (Å²) in [6.45, 7) is 1.95. The number of aliphatic imine (C=N–C) groups is 1. The number of hydrogen-bond acceptors (Lipinski definition) is 8. The van der Waals surface area contributed by atoms with Crippen LogP contribution in [0.3, 0.4) is 0 Å². The van der Waals surface area contributed by atoms with Gasteiger partial charge < -0.3 is 16.8 Å². The van der Waals surface area contributed by atoms with Crippen molar-refractivity contribution >= 4 is 23.3 Å². The molecule has 24 heavy (non-hydrogen) atoms. The molecule has 0 radical (unpaired) electrons. The fourth-order valence-electron chi connectivity index (χ4n) is 2.70. The van der Waals surface area contributed by atoms with Crippen LogP contribution in [0.25, 0.3) is 0 Å². The normalized spacial score (nSPS) is 15.3. The summed E-state index contributed by atoms with van der Waals surface area (Å²) >= 11 is 0. The second kappa shape index (κ2) is 5.78. The molecule has 2 aromatic rings. The van der Waals surface area contributed by atoms with Crippen molar-refractivity contribution in [2.75, 3.05) is 16.8 Å². The third kappa shape index (κ3) is 2.32. The molecule has 0 spiro atoms. The Morgan fingerprint density at radius 1 is 1.25 bits per heavy atom. The van der Waals surface area contributed by atoms with E-state index in [1.54, 1.807) is 0 Å². The number of pyridine rings is 1. The van der Waals surface area contributed by atoms with Gasteiger partial charge in [0, 0.05) is 5.56 Å². The summed E-state index contributed by atoms with van der Waals surface area (Å²) in [6.07, 6.45) is 1.82. The van der Waals surface area contributed by atoms with Crippen LogP contribution in [-0.2, 0) is 0 Å². The number of guanidine groups is 1. The zero-order chi connectivity index (χ0) is 17.3. The first-order valence-corrected chi connectivity index (χ1v) is 7.11. The number of nitrogens with one attached hydrogen (secondary N) is 2. The van der Waals surface area contributed by atoms with Crippen molar-refractivity contribution in [3.8, 4) is 12.3 Å². The summed E-state index contributed by atoms with van der Waals surface area (Å²) in [5, 5.41) is 23.5. The monoisotopic (exact) mass is 318 g/mol. The lowest BCUT2D eigenvalue weighted by Gasteiger charge is -2.27. The topological polar surface area (TPSA) is 149 Å². The average molecular weight is 318 g/mol. The fraction of sp³-hybridized carbons (Fsp3) is 0.125. The van der Waals surface area contributed by atoms with Crippen molar-refractivity contribution in [3.05, 3.63) is 46.5 Å². The molecule has 0 fully saturated rings. The standard InChI is InChI=1S/C16H14N8/c1-8-4-2-3-5-9(8)13-11-12(19)10(6-17)14(20)23-15(11)24-16(22-13)21-7-18/h2-5,13H,1H3,(H6,19,20,21,22,23,24). The Bertz CT molecular complexity index is 932. The SMILES string of the molecule is Cc1ccccc1C1N=C(NC#N)Nc2nc(N)c(C#N)c(N)c21. The highest BCUT2D eigenvalue weighted by Crippen LogP contribution is 2.41. The van der Waals surface area contributed by atoms with Gasteiger partial charge in [-0.1, -0.05) is 24.3 Å². The van der Waals surface area contributed by atoms with Crippen molar-refractivity contribution in [2.45, 2.75) is 13.0 Å². The van der Waals surface area contributed by atoms with E-state index in [9.17, 15) is 5.26 Å². The number of anilines is 3. The maximum absolute atomic E-state index is 9.29. The Kier molecular flexibility index (Phi) is 3.64. The highest BCUT2D eigenvalue weighted by Gasteiger charge is 2.30. The van der Waals surface area contributed by atoms with Crippen LogP contribution in [0.4, 0.5) is 17.3 Å². The summed E-state index contributed by atoms with van der Waals surface area (Å²) in [7, 11) is 0. The first-order chi connectivity index (χ1) is 11.6.